The third-order valence-corrected chi connectivity index (χ3v) is 3.11. The lowest BCUT2D eigenvalue weighted by Crippen LogP contribution is -2.09. The van der Waals surface area contributed by atoms with Crippen LogP contribution in [0.4, 0.5) is 0 Å². The molecule has 1 aliphatic carbocycles. The maximum absolute atomic E-state index is 10.5. The van der Waals surface area contributed by atoms with Crippen LogP contribution in [0.5, 0.6) is 0 Å². The van der Waals surface area contributed by atoms with Crippen molar-refractivity contribution in [2.45, 2.75) is 38.5 Å². The Hall–Kier alpha value is 0.110. The summed E-state index contributed by atoms with van der Waals surface area (Å²) >= 11 is -1.57. The van der Waals surface area contributed by atoms with Crippen molar-refractivity contribution >= 4 is 11.1 Å². The average molecular weight is 176 g/mol. The van der Waals surface area contributed by atoms with Crippen LogP contribution in [0.2, 0.25) is 0 Å². The normalized spacial score (nSPS) is 24.5. The van der Waals surface area contributed by atoms with Gasteiger partial charge in [-0.2, -0.15) is 0 Å². The quantitative estimate of drug-likeness (QED) is 0.517. The largest absolute Gasteiger partial charge is 0.306 e. The molecular weight excluding hydrogens is 160 g/mol. The van der Waals surface area contributed by atoms with E-state index in [1.54, 1.807) is 0 Å². The standard InChI is InChI=1S/C8H16O2S/c9-11(10)7-8-5-3-1-2-4-6-8/h8H,1-7H2,(H,9,10). The van der Waals surface area contributed by atoms with Gasteiger partial charge in [0, 0.05) is 0 Å². The summed E-state index contributed by atoms with van der Waals surface area (Å²) in [6, 6.07) is 0. The first-order valence-corrected chi connectivity index (χ1v) is 5.64. The maximum Gasteiger partial charge on any atom is 0.153 e. The lowest BCUT2D eigenvalue weighted by Gasteiger charge is -2.09. The first-order valence-electron chi connectivity index (χ1n) is 4.36. The molecule has 0 bridgehead atoms. The average Bonchev–Trinajstić information content (AvgIpc) is 2.14. The predicted molar refractivity (Wildman–Crippen MR) is 46.8 cm³/mol. The van der Waals surface area contributed by atoms with Crippen LogP contribution in [0.25, 0.3) is 0 Å². The fourth-order valence-corrected chi connectivity index (χ4v) is 2.47. The Kier molecular flexibility index (Phi) is 4.08. The second kappa shape index (κ2) is 4.88. The fourth-order valence-electron chi connectivity index (χ4n) is 1.73. The van der Waals surface area contributed by atoms with Crippen LogP contribution in [0, 0.1) is 5.92 Å². The van der Waals surface area contributed by atoms with Gasteiger partial charge in [-0.3, -0.25) is 0 Å². The van der Waals surface area contributed by atoms with E-state index in [1.807, 2.05) is 0 Å². The van der Waals surface area contributed by atoms with Gasteiger partial charge >= 0.3 is 0 Å². The molecule has 1 N–H and O–H groups in total. The van der Waals surface area contributed by atoms with Crippen molar-refractivity contribution in [3.63, 3.8) is 0 Å². The van der Waals surface area contributed by atoms with E-state index in [4.69, 9.17) is 4.55 Å². The molecule has 0 saturated heterocycles. The molecule has 0 aromatic rings. The highest BCUT2D eigenvalue weighted by atomic mass is 32.2. The van der Waals surface area contributed by atoms with Crippen LogP contribution >= 0.6 is 0 Å². The van der Waals surface area contributed by atoms with Crippen LogP contribution in [-0.4, -0.2) is 14.5 Å². The van der Waals surface area contributed by atoms with Gasteiger partial charge in [0.15, 0.2) is 11.1 Å². The van der Waals surface area contributed by atoms with Crippen molar-refractivity contribution < 1.29 is 8.76 Å². The van der Waals surface area contributed by atoms with Gasteiger partial charge in [0.2, 0.25) is 0 Å². The van der Waals surface area contributed by atoms with Gasteiger partial charge in [-0.1, -0.05) is 25.7 Å². The number of rotatable bonds is 2. The predicted octanol–water partition coefficient (Wildman–Crippen LogP) is 2.18. The van der Waals surface area contributed by atoms with Crippen molar-refractivity contribution in [1.29, 1.82) is 0 Å². The third-order valence-electron chi connectivity index (χ3n) is 2.35. The molecule has 1 atom stereocenters. The molecule has 0 aromatic carbocycles. The van der Waals surface area contributed by atoms with Crippen molar-refractivity contribution in [2.75, 3.05) is 5.75 Å². The summed E-state index contributed by atoms with van der Waals surface area (Å²) in [6.45, 7) is 0. The molecule has 1 fully saturated rings. The zero-order valence-electron chi connectivity index (χ0n) is 6.79. The minimum atomic E-state index is -1.57. The van der Waals surface area contributed by atoms with E-state index in [2.05, 4.69) is 0 Å². The van der Waals surface area contributed by atoms with Crippen LogP contribution in [-0.2, 0) is 11.1 Å². The third kappa shape index (κ3) is 3.87. The molecule has 0 heterocycles. The highest BCUT2D eigenvalue weighted by molar-refractivity contribution is 7.79. The summed E-state index contributed by atoms with van der Waals surface area (Å²) in [7, 11) is 0. The van der Waals surface area contributed by atoms with Crippen LogP contribution in [0.1, 0.15) is 38.5 Å². The zero-order valence-corrected chi connectivity index (χ0v) is 7.61. The van der Waals surface area contributed by atoms with Crippen LogP contribution < -0.4 is 0 Å². The first kappa shape index (κ1) is 9.20. The summed E-state index contributed by atoms with van der Waals surface area (Å²) in [5.74, 6) is 1.02. The minimum absolute atomic E-state index is 0.500. The second-order valence-corrected chi connectivity index (χ2v) is 4.32. The summed E-state index contributed by atoms with van der Waals surface area (Å²) < 4.78 is 19.2. The Labute approximate surface area is 70.7 Å². The molecule has 1 aliphatic rings. The van der Waals surface area contributed by atoms with E-state index in [0.717, 1.165) is 12.8 Å². The smallest absolute Gasteiger partial charge is 0.153 e. The van der Waals surface area contributed by atoms with Gasteiger partial charge < -0.3 is 4.55 Å². The fraction of sp³-hybridized carbons (Fsp3) is 1.00. The van der Waals surface area contributed by atoms with Gasteiger partial charge in [0.1, 0.15) is 0 Å². The van der Waals surface area contributed by atoms with Crippen molar-refractivity contribution in [2.24, 2.45) is 5.92 Å². The maximum atomic E-state index is 10.5. The lowest BCUT2D eigenvalue weighted by atomic mass is 10.0. The van der Waals surface area contributed by atoms with Crippen molar-refractivity contribution in [1.82, 2.24) is 0 Å². The van der Waals surface area contributed by atoms with Gasteiger partial charge in [0.25, 0.3) is 0 Å². The topological polar surface area (TPSA) is 37.3 Å². The monoisotopic (exact) mass is 176 g/mol. The minimum Gasteiger partial charge on any atom is -0.306 e. The molecular formula is C8H16O2S. The summed E-state index contributed by atoms with van der Waals surface area (Å²) in [4.78, 5) is 0. The molecule has 1 unspecified atom stereocenters. The van der Waals surface area contributed by atoms with Crippen LogP contribution in [0.15, 0.2) is 0 Å². The molecule has 11 heavy (non-hydrogen) atoms. The van der Waals surface area contributed by atoms with Crippen molar-refractivity contribution in [3.05, 3.63) is 0 Å². The zero-order chi connectivity index (χ0) is 8.10. The SMILES string of the molecule is O=S(O)CC1CCCCCC1. The molecule has 1 rings (SSSR count). The van der Waals surface area contributed by atoms with E-state index >= 15 is 0 Å². The highest BCUT2D eigenvalue weighted by Gasteiger charge is 2.13. The highest BCUT2D eigenvalue weighted by Crippen LogP contribution is 2.22. The Morgan fingerprint density at radius 2 is 1.73 bits per heavy atom. The number of hydrogen-bond donors (Lipinski definition) is 1. The van der Waals surface area contributed by atoms with E-state index < -0.39 is 11.1 Å². The Bertz CT molecular complexity index is 128. The molecule has 3 heteroatoms. The van der Waals surface area contributed by atoms with Gasteiger partial charge in [-0.05, 0) is 18.8 Å². The summed E-state index contributed by atoms with van der Waals surface area (Å²) in [5.41, 5.74) is 0. The molecule has 66 valence electrons. The van der Waals surface area contributed by atoms with E-state index in [1.165, 1.54) is 25.7 Å². The van der Waals surface area contributed by atoms with Gasteiger partial charge in [-0.25, -0.2) is 4.21 Å². The molecule has 1 saturated carbocycles. The molecule has 0 aromatic heterocycles. The van der Waals surface area contributed by atoms with Crippen LogP contribution in [0.3, 0.4) is 0 Å². The van der Waals surface area contributed by atoms with Gasteiger partial charge in [0.05, 0.1) is 5.75 Å². The molecule has 0 aliphatic heterocycles. The molecule has 0 spiro atoms. The number of hydrogen-bond acceptors (Lipinski definition) is 1. The molecule has 0 radical (unpaired) electrons. The Morgan fingerprint density at radius 1 is 1.18 bits per heavy atom. The van der Waals surface area contributed by atoms with E-state index in [9.17, 15) is 4.21 Å². The summed E-state index contributed by atoms with van der Waals surface area (Å²) in [5, 5.41) is 0. The summed E-state index contributed by atoms with van der Waals surface area (Å²) in [6.07, 6.45) is 7.45. The van der Waals surface area contributed by atoms with Gasteiger partial charge in [-0.15, -0.1) is 0 Å². The lowest BCUT2D eigenvalue weighted by molar-refractivity contribution is 0.485. The Balaban J connectivity index is 2.25. The molecule has 0 amide bonds. The van der Waals surface area contributed by atoms with E-state index in [0.29, 0.717) is 11.7 Å². The second-order valence-electron chi connectivity index (χ2n) is 3.35. The van der Waals surface area contributed by atoms with E-state index in [-0.39, 0.29) is 0 Å². The molecule has 2 nitrogen and oxygen atoms in total. The first-order chi connectivity index (χ1) is 5.29. The van der Waals surface area contributed by atoms with Crippen molar-refractivity contribution in [3.8, 4) is 0 Å². The Morgan fingerprint density at radius 3 is 2.18 bits per heavy atom.